The fraction of sp³-hybridized carbons (Fsp3) is 0.929. The van der Waals surface area contributed by atoms with Gasteiger partial charge in [-0.1, -0.05) is 26.7 Å². The lowest BCUT2D eigenvalue weighted by Crippen LogP contribution is -2.50. The Hall–Kier alpha value is -0.610. The Kier molecular flexibility index (Phi) is 6.65. The van der Waals surface area contributed by atoms with Gasteiger partial charge in [0, 0.05) is 13.0 Å². The zero-order chi connectivity index (χ0) is 13.4. The summed E-state index contributed by atoms with van der Waals surface area (Å²) in [7, 11) is 0. The van der Waals surface area contributed by atoms with Gasteiger partial charge in [0.15, 0.2) is 0 Å². The van der Waals surface area contributed by atoms with E-state index in [1.165, 1.54) is 12.8 Å². The lowest BCUT2D eigenvalue weighted by Gasteiger charge is -2.25. The molecule has 1 rings (SSSR count). The molecule has 2 unspecified atom stereocenters. The summed E-state index contributed by atoms with van der Waals surface area (Å²) in [6.07, 6.45) is 6.66. The van der Waals surface area contributed by atoms with Crippen molar-refractivity contribution in [3.05, 3.63) is 0 Å². The van der Waals surface area contributed by atoms with E-state index in [0.29, 0.717) is 12.8 Å². The lowest BCUT2D eigenvalue weighted by molar-refractivity contribution is -0.145. The van der Waals surface area contributed by atoms with E-state index < -0.39 is 11.5 Å². The van der Waals surface area contributed by atoms with Gasteiger partial charge in [0.25, 0.3) is 0 Å². The molecule has 18 heavy (non-hydrogen) atoms. The molecule has 0 spiro atoms. The Morgan fingerprint density at radius 1 is 1.39 bits per heavy atom. The zero-order valence-electron chi connectivity index (χ0n) is 11.7. The summed E-state index contributed by atoms with van der Waals surface area (Å²) in [5.74, 6) is -0.726. The van der Waals surface area contributed by atoms with E-state index in [9.17, 15) is 9.90 Å². The standard InChI is InChI=1S/C14H27NO3/c1-3-5-6-10-18-12-7-8-14(11-12,13(16)17)15-9-4-2/h12,15H,3-11H2,1-2H3,(H,16,17). The molecule has 1 fully saturated rings. The first-order valence-corrected chi connectivity index (χ1v) is 7.24. The number of unbranched alkanes of at least 4 members (excludes halogenated alkanes) is 2. The first-order valence-electron chi connectivity index (χ1n) is 7.24. The number of aliphatic carboxylic acids is 1. The number of carboxylic acid groups (broad SMARTS) is 1. The second-order valence-corrected chi connectivity index (χ2v) is 5.26. The van der Waals surface area contributed by atoms with Crippen molar-refractivity contribution < 1.29 is 14.6 Å². The monoisotopic (exact) mass is 257 g/mol. The second kappa shape index (κ2) is 7.74. The number of nitrogens with one attached hydrogen (secondary N) is 1. The molecule has 4 heteroatoms. The van der Waals surface area contributed by atoms with Crippen molar-refractivity contribution >= 4 is 5.97 Å². The molecule has 0 heterocycles. The van der Waals surface area contributed by atoms with Gasteiger partial charge in [-0.2, -0.15) is 0 Å². The molecule has 2 atom stereocenters. The number of hydrogen-bond acceptors (Lipinski definition) is 3. The summed E-state index contributed by atoms with van der Waals surface area (Å²) in [5.41, 5.74) is -0.745. The van der Waals surface area contributed by atoms with E-state index in [1.807, 2.05) is 0 Å². The minimum Gasteiger partial charge on any atom is -0.480 e. The molecule has 0 aromatic rings. The largest absolute Gasteiger partial charge is 0.480 e. The van der Waals surface area contributed by atoms with Crippen molar-refractivity contribution in [1.29, 1.82) is 0 Å². The number of carbonyl (C=O) groups is 1. The van der Waals surface area contributed by atoms with Crippen LogP contribution in [0.3, 0.4) is 0 Å². The van der Waals surface area contributed by atoms with Crippen LogP contribution in [0, 0.1) is 0 Å². The highest BCUT2D eigenvalue weighted by Gasteiger charge is 2.45. The summed E-state index contributed by atoms with van der Waals surface area (Å²) in [4.78, 5) is 11.4. The van der Waals surface area contributed by atoms with Crippen molar-refractivity contribution in [1.82, 2.24) is 5.32 Å². The van der Waals surface area contributed by atoms with Gasteiger partial charge in [0.05, 0.1) is 6.10 Å². The highest BCUT2D eigenvalue weighted by molar-refractivity contribution is 5.79. The SMILES string of the molecule is CCCCCOC1CCC(NCCC)(C(=O)O)C1. The third-order valence-corrected chi connectivity index (χ3v) is 3.69. The van der Waals surface area contributed by atoms with E-state index in [4.69, 9.17) is 4.74 Å². The van der Waals surface area contributed by atoms with Crippen LogP contribution in [-0.2, 0) is 9.53 Å². The van der Waals surface area contributed by atoms with Gasteiger partial charge in [-0.25, -0.2) is 0 Å². The highest BCUT2D eigenvalue weighted by atomic mass is 16.5. The first-order chi connectivity index (χ1) is 8.64. The quantitative estimate of drug-likeness (QED) is 0.623. The third-order valence-electron chi connectivity index (χ3n) is 3.69. The van der Waals surface area contributed by atoms with Crippen molar-refractivity contribution in [2.75, 3.05) is 13.2 Å². The molecule has 0 aromatic carbocycles. The van der Waals surface area contributed by atoms with Gasteiger partial charge in [-0.05, 0) is 32.2 Å². The van der Waals surface area contributed by atoms with Crippen LogP contribution in [0.15, 0.2) is 0 Å². The maximum Gasteiger partial charge on any atom is 0.323 e. The molecular formula is C14H27NO3. The third kappa shape index (κ3) is 4.25. The molecule has 2 N–H and O–H groups in total. The zero-order valence-corrected chi connectivity index (χ0v) is 11.7. The molecule has 106 valence electrons. The fourth-order valence-corrected chi connectivity index (χ4v) is 2.54. The van der Waals surface area contributed by atoms with Crippen LogP contribution in [0.1, 0.15) is 58.8 Å². The van der Waals surface area contributed by atoms with Crippen molar-refractivity contribution in [2.45, 2.75) is 70.4 Å². The first kappa shape index (κ1) is 15.4. The number of ether oxygens (including phenoxy) is 1. The van der Waals surface area contributed by atoms with E-state index >= 15 is 0 Å². The predicted octanol–water partition coefficient (Wildman–Crippen LogP) is 2.57. The van der Waals surface area contributed by atoms with Gasteiger partial charge in [0.2, 0.25) is 0 Å². The molecule has 0 radical (unpaired) electrons. The van der Waals surface area contributed by atoms with Gasteiger partial charge < -0.3 is 15.2 Å². The van der Waals surface area contributed by atoms with Crippen LogP contribution >= 0.6 is 0 Å². The maximum absolute atomic E-state index is 11.4. The molecule has 0 saturated heterocycles. The Morgan fingerprint density at radius 2 is 2.17 bits per heavy atom. The molecular weight excluding hydrogens is 230 g/mol. The smallest absolute Gasteiger partial charge is 0.323 e. The Morgan fingerprint density at radius 3 is 2.78 bits per heavy atom. The number of rotatable bonds is 9. The van der Waals surface area contributed by atoms with Crippen molar-refractivity contribution in [2.24, 2.45) is 0 Å². The average molecular weight is 257 g/mol. The Balaban J connectivity index is 2.37. The minimum atomic E-state index is -0.745. The lowest BCUT2D eigenvalue weighted by atomic mass is 9.97. The van der Waals surface area contributed by atoms with Gasteiger partial charge in [0.1, 0.15) is 5.54 Å². The van der Waals surface area contributed by atoms with Crippen LogP contribution in [-0.4, -0.2) is 35.9 Å². The topological polar surface area (TPSA) is 58.6 Å². The molecule has 4 nitrogen and oxygen atoms in total. The second-order valence-electron chi connectivity index (χ2n) is 5.26. The molecule has 0 bridgehead atoms. The normalized spacial score (nSPS) is 27.6. The van der Waals surface area contributed by atoms with E-state index in [1.54, 1.807) is 0 Å². The van der Waals surface area contributed by atoms with Crippen LogP contribution in [0.4, 0.5) is 0 Å². The van der Waals surface area contributed by atoms with Crippen molar-refractivity contribution in [3.8, 4) is 0 Å². The summed E-state index contributed by atoms with van der Waals surface area (Å²) in [6.45, 7) is 5.74. The molecule has 1 aliphatic rings. The summed E-state index contributed by atoms with van der Waals surface area (Å²) in [5, 5.41) is 12.6. The van der Waals surface area contributed by atoms with Crippen LogP contribution in [0.2, 0.25) is 0 Å². The molecule has 0 aliphatic heterocycles. The molecule has 1 aliphatic carbocycles. The average Bonchev–Trinajstić information content (AvgIpc) is 2.77. The fourth-order valence-electron chi connectivity index (χ4n) is 2.54. The molecule has 0 aromatic heterocycles. The maximum atomic E-state index is 11.4. The summed E-state index contributed by atoms with van der Waals surface area (Å²) < 4.78 is 5.79. The molecule has 0 amide bonds. The summed E-state index contributed by atoms with van der Waals surface area (Å²) in [6, 6.07) is 0. The number of hydrogen-bond donors (Lipinski definition) is 2. The van der Waals surface area contributed by atoms with Gasteiger partial charge in [-0.15, -0.1) is 0 Å². The van der Waals surface area contributed by atoms with Gasteiger partial charge >= 0.3 is 5.97 Å². The van der Waals surface area contributed by atoms with E-state index in [-0.39, 0.29) is 6.10 Å². The Bertz CT molecular complexity index is 257. The number of carboxylic acids is 1. The van der Waals surface area contributed by atoms with Gasteiger partial charge in [-0.3, -0.25) is 4.79 Å². The van der Waals surface area contributed by atoms with Crippen LogP contribution in [0.5, 0.6) is 0 Å². The minimum absolute atomic E-state index is 0.113. The van der Waals surface area contributed by atoms with Crippen LogP contribution in [0.25, 0.3) is 0 Å². The van der Waals surface area contributed by atoms with Crippen molar-refractivity contribution in [3.63, 3.8) is 0 Å². The highest BCUT2D eigenvalue weighted by Crippen LogP contribution is 2.32. The van der Waals surface area contributed by atoms with Crippen LogP contribution < -0.4 is 5.32 Å². The predicted molar refractivity (Wildman–Crippen MR) is 71.8 cm³/mol. The Labute approximate surface area is 110 Å². The summed E-state index contributed by atoms with van der Waals surface area (Å²) >= 11 is 0. The molecule has 1 saturated carbocycles. The van der Waals surface area contributed by atoms with E-state index in [0.717, 1.165) is 32.4 Å². The van der Waals surface area contributed by atoms with E-state index in [2.05, 4.69) is 19.2 Å².